The van der Waals surface area contributed by atoms with Crippen LogP contribution < -0.4 is 15.0 Å². The van der Waals surface area contributed by atoms with Gasteiger partial charge in [-0.25, -0.2) is 4.79 Å². The zero-order valence-corrected chi connectivity index (χ0v) is 14.5. The Morgan fingerprint density at radius 3 is 2.64 bits per heavy atom. The molecule has 2 aromatic carbocycles. The number of rotatable bonds is 5. The number of amides is 3. The van der Waals surface area contributed by atoms with Gasteiger partial charge >= 0.3 is 6.03 Å². The molecule has 0 atom stereocenters. The first kappa shape index (κ1) is 17.1. The summed E-state index contributed by atoms with van der Waals surface area (Å²) < 4.78 is 5.31. The number of carbonyl (C=O) groups excluding carboxylic acids is 2. The highest BCUT2D eigenvalue weighted by molar-refractivity contribution is 6.33. The maximum absolute atomic E-state index is 12.6. The third-order valence-electron chi connectivity index (χ3n) is 3.95. The average molecular weight is 360 g/mol. The normalized spacial score (nSPS) is 13.9. The van der Waals surface area contributed by atoms with E-state index in [1.54, 1.807) is 42.3 Å². The number of anilines is 2. The third kappa shape index (κ3) is 3.69. The maximum atomic E-state index is 12.6. The second kappa shape index (κ2) is 7.44. The molecule has 25 heavy (non-hydrogen) atoms. The van der Waals surface area contributed by atoms with Gasteiger partial charge < -0.3 is 15.0 Å². The second-order valence-corrected chi connectivity index (χ2v) is 5.96. The van der Waals surface area contributed by atoms with Gasteiger partial charge in [0.15, 0.2) is 0 Å². The van der Waals surface area contributed by atoms with Crippen LogP contribution in [0.5, 0.6) is 5.75 Å². The van der Waals surface area contributed by atoms with Crippen molar-refractivity contribution in [2.45, 2.75) is 0 Å². The molecular weight excluding hydrogens is 342 g/mol. The van der Waals surface area contributed by atoms with Crippen molar-refractivity contribution in [3.8, 4) is 5.75 Å². The molecule has 0 aromatic heterocycles. The van der Waals surface area contributed by atoms with Gasteiger partial charge in [0.2, 0.25) is 5.91 Å². The minimum atomic E-state index is -0.289. The number of halogens is 1. The fourth-order valence-corrected chi connectivity index (χ4v) is 2.91. The van der Waals surface area contributed by atoms with E-state index in [0.717, 1.165) is 0 Å². The van der Waals surface area contributed by atoms with E-state index in [9.17, 15) is 9.59 Å². The average Bonchev–Trinajstić information content (AvgIpc) is 2.97. The standard InChI is InChI=1S/C18H18ClN3O3/c1-25-16-9-5-4-8-15(16)22-11-10-21(18(22)24)12-17(23)20-14-7-3-2-6-13(14)19/h2-9H,10-12H2,1H3,(H,20,23). The molecule has 130 valence electrons. The number of carbonyl (C=O) groups is 2. The first-order chi connectivity index (χ1) is 12.1. The second-order valence-electron chi connectivity index (χ2n) is 5.56. The summed E-state index contributed by atoms with van der Waals surface area (Å²) in [6, 6.07) is 14.1. The van der Waals surface area contributed by atoms with E-state index in [1.807, 2.05) is 18.2 Å². The van der Waals surface area contributed by atoms with Gasteiger partial charge in [0, 0.05) is 13.1 Å². The van der Waals surface area contributed by atoms with Gasteiger partial charge in [-0.3, -0.25) is 9.69 Å². The summed E-state index contributed by atoms with van der Waals surface area (Å²) in [7, 11) is 1.56. The fourth-order valence-electron chi connectivity index (χ4n) is 2.73. The maximum Gasteiger partial charge on any atom is 0.325 e. The predicted molar refractivity (Wildman–Crippen MR) is 97.4 cm³/mol. The lowest BCUT2D eigenvalue weighted by Gasteiger charge is -2.20. The van der Waals surface area contributed by atoms with Crippen molar-refractivity contribution in [3.63, 3.8) is 0 Å². The number of para-hydroxylation sites is 3. The summed E-state index contributed by atoms with van der Waals surface area (Å²) in [6.45, 7) is 0.932. The Hall–Kier alpha value is -2.73. The van der Waals surface area contributed by atoms with Crippen LogP contribution in [0.25, 0.3) is 0 Å². The SMILES string of the molecule is COc1ccccc1N1CCN(CC(=O)Nc2ccccc2Cl)C1=O. The van der Waals surface area contributed by atoms with Gasteiger partial charge in [0.05, 0.1) is 23.5 Å². The number of urea groups is 1. The smallest absolute Gasteiger partial charge is 0.325 e. The number of nitrogens with one attached hydrogen (secondary N) is 1. The Kier molecular flexibility index (Phi) is 5.09. The molecule has 7 heteroatoms. The number of methoxy groups -OCH3 is 1. The Morgan fingerprint density at radius 1 is 1.16 bits per heavy atom. The molecule has 1 aliphatic heterocycles. The molecule has 0 unspecified atom stereocenters. The molecule has 0 saturated carbocycles. The van der Waals surface area contributed by atoms with Crippen molar-refractivity contribution in [1.29, 1.82) is 0 Å². The van der Waals surface area contributed by atoms with Crippen LogP contribution in [0.3, 0.4) is 0 Å². The van der Waals surface area contributed by atoms with Gasteiger partial charge in [-0.05, 0) is 24.3 Å². The molecule has 0 bridgehead atoms. The first-order valence-corrected chi connectivity index (χ1v) is 8.22. The van der Waals surface area contributed by atoms with Crippen LogP contribution in [0, 0.1) is 0 Å². The minimum Gasteiger partial charge on any atom is -0.495 e. The fraction of sp³-hybridized carbons (Fsp3) is 0.222. The predicted octanol–water partition coefficient (Wildman–Crippen LogP) is 3.23. The summed E-state index contributed by atoms with van der Waals surface area (Å²) in [5, 5.41) is 3.18. The summed E-state index contributed by atoms with van der Waals surface area (Å²) in [4.78, 5) is 28.0. The number of benzene rings is 2. The number of hydrogen-bond donors (Lipinski definition) is 1. The lowest BCUT2D eigenvalue weighted by Crippen LogP contribution is -2.37. The zero-order valence-electron chi connectivity index (χ0n) is 13.7. The highest BCUT2D eigenvalue weighted by atomic mass is 35.5. The van der Waals surface area contributed by atoms with E-state index in [1.165, 1.54) is 4.90 Å². The molecule has 3 rings (SSSR count). The van der Waals surface area contributed by atoms with Crippen LogP contribution >= 0.6 is 11.6 Å². The van der Waals surface area contributed by atoms with Crippen LogP contribution in [-0.4, -0.2) is 43.6 Å². The number of hydrogen-bond acceptors (Lipinski definition) is 3. The van der Waals surface area contributed by atoms with E-state index < -0.39 is 0 Å². The van der Waals surface area contributed by atoms with E-state index >= 15 is 0 Å². The van der Waals surface area contributed by atoms with Gasteiger partial charge in [0.1, 0.15) is 12.3 Å². The lowest BCUT2D eigenvalue weighted by atomic mass is 10.2. The van der Waals surface area contributed by atoms with E-state index in [2.05, 4.69) is 5.32 Å². The Labute approximate surface area is 150 Å². The van der Waals surface area contributed by atoms with Crippen LogP contribution in [0.2, 0.25) is 5.02 Å². The van der Waals surface area contributed by atoms with Crippen LogP contribution in [-0.2, 0) is 4.79 Å². The van der Waals surface area contributed by atoms with E-state index in [0.29, 0.717) is 35.2 Å². The molecule has 1 N–H and O–H groups in total. The van der Waals surface area contributed by atoms with Gasteiger partial charge in [-0.2, -0.15) is 0 Å². The van der Waals surface area contributed by atoms with Gasteiger partial charge in [-0.1, -0.05) is 35.9 Å². The van der Waals surface area contributed by atoms with Crippen LogP contribution in [0.4, 0.5) is 16.2 Å². The topological polar surface area (TPSA) is 61.9 Å². The Balaban J connectivity index is 1.66. The summed E-state index contributed by atoms with van der Waals surface area (Å²) in [6.07, 6.45) is 0. The molecule has 6 nitrogen and oxygen atoms in total. The van der Waals surface area contributed by atoms with Crippen molar-refractivity contribution in [3.05, 3.63) is 53.6 Å². The molecule has 1 aliphatic rings. The highest BCUT2D eigenvalue weighted by Crippen LogP contribution is 2.30. The monoisotopic (exact) mass is 359 g/mol. The number of ether oxygens (including phenoxy) is 1. The lowest BCUT2D eigenvalue weighted by molar-refractivity contribution is -0.116. The molecule has 1 fully saturated rings. The molecule has 3 amide bonds. The quantitative estimate of drug-likeness (QED) is 0.891. The zero-order chi connectivity index (χ0) is 17.8. The van der Waals surface area contributed by atoms with Crippen molar-refractivity contribution >= 4 is 34.9 Å². The van der Waals surface area contributed by atoms with Crippen LogP contribution in [0.15, 0.2) is 48.5 Å². The molecule has 2 aromatic rings. The first-order valence-electron chi connectivity index (χ1n) is 7.84. The number of nitrogens with zero attached hydrogens (tertiary/aromatic N) is 2. The van der Waals surface area contributed by atoms with Crippen molar-refractivity contribution in [2.24, 2.45) is 0 Å². The summed E-state index contributed by atoms with van der Waals surface area (Å²) in [5.41, 5.74) is 1.23. The van der Waals surface area contributed by atoms with Crippen molar-refractivity contribution in [1.82, 2.24) is 4.90 Å². The minimum absolute atomic E-state index is 0.0320. The van der Waals surface area contributed by atoms with Gasteiger partial charge in [-0.15, -0.1) is 0 Å². The highest BCUT2D eigenvalue weighted by Gasteiger charge is 2.32. The molecule has 0 radical (unpaired) electrons. The van der Waals surface area contributed by atoms with Gasteiger partial charge in [0.25, 0.3) is 0 Å². The molecule has 1 heterocycles. The van der Waals surface area contributed by atoms with E-state index in [4.69, 9.17) is 16.3 Å². The largest absolute Gasteiger partial charge is 0.495 e. The molecular formula is C18H18ClN3O3. The Morgan fingerprint density at radius 2 is 1.88 bits per heavy atom. The van der Waals surface area contributed by atoms with Crippen LogP contribution in [0.1, 0.15) is 0 Å². The Bertz CT molecular complexity index is 797. The third-order valence-corrected chi connectivity index (χ3v) is 4.28. The summed E-state index contributed by atoms with van der Waals surface area (Å²) in [5.74, 6) is 0.335. The molecule has 0 spiro atoms. The molecule has 0 aliphatic carbocycles. The van der Waals surface area contributed by atoms with Crippen molar-refractivity contribution < 1.29 is 14.3 Å². The summed E-state index contributed by atoms with van der Waals surface area (Å²) >= 11 is 6.03. The van der Waals surface area contributed by atoms with Crippen molar-refractivity contribution in [2.75, 3.05) is 37.0 Å². The van der Waals surface area contributed by atoms with E-state index in [-0.39, 0.29) is 18.5 Å². The molecule has 1 saturated heterocycles.